The van der Waals surface area contributed by atoms with E-state index in [1.54, 1.807) is 0 Å². The van der Waals surface area contributed by atoms with Gasteiger partial charge in [0.1, 0.15) is 0 Å². The molecule has 4 nitrogen and oxygen atoms in total. The van der Waals surface area contributed by atoms with Crippen LogP contribution < -0.4 is 0 Å². The van der Waals surface area contributed by atoms with E-state index in [0.29, 0.717) is 13.2 Å². The monoisotopic (exact) mass is 452 g/mol. The number of ether oxygens (including phenoxy) is 2. The van der Waals surface area contributed by atoms with Crippen LogP contribution in [0.1, 0.15) is 130 Å². The minimum atomic E-state index is -0.307. The van der Waals surface area contributed by atoms with Gasteiger partial charge in [-0.3, -0.25) is 9.59 Å². The van der Waals surface area contributed by atoms with Crippen LogP contribution in [-0.4, -0.2) is 25.2 Å². The Morgan fingerprint density at radius 3 is 1.31 bits per heavy atom. The number of carbonyl (C=O) groups excluding carboxylic acids is 2. The van der Waals surface area contributed by atoms with E-state index >= 15 is 0 Å². The summed E-state index contributed by atoms with van der Waals surface area (Å²) >= 11 is 0. The van der Waals surface area contributed by atoms with Gasteiger partial charge in [0.25, 0.3) is 0 Å². The van der Waals surface area contributed by atoms with E-state index in [1.807, 2.05) is 0 Å². The fraction of sp³-hybridized carbons (Fsp3) is 0.929. The van der Waals surface area contributed by atoms with Gasteiger partial charge in [0.15, 0.2) is 0 Å². The molecule has 2 atom stereocenters. The molecule has 1 fully saturated rings. The van der Waals surface area contributed by atoms with Crippen LogP contribution in [0.25, 0.3) is 0 Å². The Labute approximate surface area is 198 Å². The lowest BCUT2D eigenvalue weighted by Gasteiger charge is -2.28. The maximum Gasteiger partial charge on any atom is 0.309 e. The molecular formula is C28H52O4. The third-order valence-electron chi connectivity index (χ3n) is 6.71. The fourth-order valence-electron chi connectivity index (χ4n) is 4.62. The zero-order valence-electron chi connectivity index (χ0n) is 21.7. The molecule has 0 N–H and O–H groups in total. The first-order valence-corrected chi connectivity index (χ1v) is 13.7. The second-order valence-corrected chi connectivity index (χ2v) is 10.7. The average molecular weight is 453 g/mol. The lowest BCUT2D eigenvalue weighted by atomic mass is 9.79. The topological polar surface area (TPSA) is 52.6 Å². The Hall–Kier alpha value is -1.06. The summed E-state index contributed by atoms with van der Waals surface area (Å²) in [7, 11) is 0. The first kappa shape index (κ1) is 29.0. The van der Waals surface area contributed by atoms with Crippen LogP contribution in [0, 0.1) is 23.7 Å². The maximum absolute atomic E-state index is 12.6. The number of hydrogen-bond donors (Lipinski definition) is 0. The molecule has 1 saturated carbocycles. The predicted molar refractivity (Wildman–Crippen MR) is 132 cm³/mol. The average Bonchev–Trinajstić information content (AvgIpc) is 2.76. The number of hydrogen-bond acceptors (Lipinski definition) is 4. The highest BCUT2D eigenvalue weighted by Gasteiger charge is 2.37. The van der Waals surface area contributed by atoms with Crippen LogP contribution >= 0.6 is 0 Å². The molecule has 32 heavy (non-hydrogen) atoms. The van der Waals surface area contributed by atoms with Crippen molar-refractivity contribution in [3.05, 3.63) is 0 Å². The van der Waals surface area contributed by atoms with Crippen LogP contribution in [-0.2, 0) is 19.1 Å². The number of esters is 2. The molecule has 0 spiro atoms. The van der Waals surface area contributed by atoms with Gasteiger partial charge in [0.2, 0.25) is 0 Å². The lowest BCUT2D eigenvalue weighted by Crippen LogP contribution is -2.35. The Morgan fingerprint density at radius 1 is 0.594 bits per heavy atom. The van der Waals surface area contributed by atoms with Gasteiger partial charge in [-0.05, 0) is 37.5 Å². The van der Waals surface area contributed by atoms with E-state index in [4.69, 9.17) is 9.47 Å². The van der Waals surface area contributed by atoms with Crippen LogP contribution in [0.2, 0.25) is 0 Å². The third-order valence-corrected chi connectivity index (χ3v) is 6.71. The Morgan fingerprint density at radius 2 is 0.938 bits per heavy atom. The molecule has 0 aromatic carbocycles. The molecular weight excluding hydrogens is 400 g/mol. The van der Waals surface area contributed by atoms with Crippen molar-refractivity contribution in [3.8, 4) is 0 Å². The fourth-order valence-corrected chi connectivity index (χ4v) is 4.62. The maximum atomic E-state index is 12.6. The second kappa shape index (κ2) is 18.4. The Kier molecular flexibility index (Phi) is 16.6. The molecule has 0 heterocycles. The van der Waals surface area contributed by atoms with Crippen molar-refractivity contribution in [2.45, 2.75) is 130 Å². The quantitative estimate of drug-likeness (QED) is 0.157. The van der Waals surface area contributed by atoms with Gasteiger partial charge < -0.3 is 9.47 Å². The molecule has 4 heteroatoms. The van der Waals surface area contributed by atoms with Crippen molar-refractivity contribution in [3.63, 3.8) is 0 Å². The largest absolute Gasteiger partial charge is 0.465 e. The van der Waals surface area contributed by atoms with E-state index in [0.717, 1.165) is 63.2 Å². The summed E-state index contributed by atoms with van der Waals surface area (Å²) in [6.07, 6.45) is 17.7. The molecule has 0 radical (unpaired) electrons. The summed E-state index contributed by atoms with van der Waals surface area (Å²) in [5.41, 5.74) is 0. The zero-order valence-corrected chi connectivity index (χ0v) is 21.7. The highest BCUT2D eigenvalue weighted by Crippen LogP contribution is 2.32. The van der Waals surface area contributed by atoms with Crippen molar-refractivity contribution in [2.24, 2.45) is 23.7 Å². The summed E-state index contributed by atoms with van der Waals surface area (Å²) in [5, 5.41) is 0. The van der Waals surface area contributed by atoms with Gasteiger partial charge in [0, 0.05) is 0 Å². The lowest BCUT2D eigenvalue weighted by molar-refractivity contribution is -0.163. The van der Waals surface area contributed by atoms with Crippen molar-refractivity contribution < 1.29 is 19.1 Å². The van der Waals surface area contributed by atoms with Crippen molar-refractivity contribution in [1.82, 2.24) is 0 Å². The van der Waals surface area contributed by atoms with E-state index in [-0.39, 0.29) is 23.8 Å². The minimum Gasteiger partial charge on any atom is -0.465 e. The normalized spacial score (nSPS) is 18.8. The molecule has 1 rings (SSSR count). The summed E-state index contributed by atoms with van der Waals surface area (Å²) < 4.78 is 11.1. The molecule has 0 aliphatic heterocycles. The van der Waals surface area contributed by atoms with Gasteiger partial charge in [-0.15, -0.1) is 0 Å². The van der Waals surface area contributed by atoms with Gasteiger partial charge >= 0.3 is 11.9 Å². The van der Waals surface area contributed by atoms with Crippen LogP contribution in [0.5, 0.6) is 0 Å². The molecule has 0 amide bonds. The van der Waals surface area contributed by atoms with E-state index < -0.39 is 0 Å². The van der Waals surface area contributed by atoms with Gasteiger partial charge in [-0.1, -0.05) is 105 Å². The van der Waals surface area contributed by atoms with Crippen LogP contribution in [0.15, 0.2) is 0 Å². The number of carbonyl (C=O) groups is 2. The summed E-state index contributed by atoms with van der Waals surface area (Å²) in [5.74, 6) is 0.584. The number of rotatable bonds is 18. The molecule has 0 unspecified atom stereocenters. The van der Waals surface area contributed by atoms with Crippen molar-refractivity contribution >= 4 is 11.9 Å². The van der Waals surface area contributed by atoms with E-state index in [1.165, 1.54) is 51.4 Å². The minimum absolute atomic E-state index is 0.184. The smallest absolute Gasteiger partial charge is 0.309 e. The molecule has 0 aromatic rings. The molecule has 1 aliphatic carbocycles. The summed E-state index contributed by atoms with van der Waals surface area (Å²) in [4.78, 5) is 25.2. The van der Waals surface area contributed by atoms with Gasteiger partial charge in [-0.2, -0.15) is 0 Å². The Bertz CT molecular complexity index is 442. The zero-order chi connectivity index (χ0) is 23.6. The predicted octanol–water partition coefficient (Wildman–Crippen LogP) is 7.87. The van der Waals surface area contributed by atoms with Crippen LogP contribution in [0.3, 0.4) is 0 Å². The molecule has 1 aliphatic rings. The highest BCUT2D eigenvalue weighted by molar-refractivity contribution is 5.82. The van der Waals surface area contributed by atoms with Crippen LogP contribution in [0.4, 0.5) is 0 Å². The summed E-state index contributed by atoms with van der Waals surface area (Å²) in [6.45, 7) is 10.0. The summed E-state index contributed by atoms with van der Waals surface area (Å²) in [6, 6.07) is 0. The third kappa shape index (κ3) is 14.2. The molecule has 0 aromatic heterocycles. The first-order valence-electron chi connectivity index (χ1n) is 13.7. The highest BCUT2D eigenvalue weighted by atomic mass is 16.5. The molecule has 0 bridgehead atoms. The Balaban J connectivity index is 2.17. The number of unbranched alkanes of at least 4 members (excludes halogenated alkanes) is 8. The molecule has 188 valence electrons. The molecule has 0 saturated heterocycles. The van der Waals surface area contributed by atoms with Crippen molar-refractivity contribution in [2.75, 3.05) is 13.2 Å². The van der Waals surface area contributed by atoms with Gasteiger partial charge in [-0.25, -0.2) is 0 Å². The first-order chi connectivity index (χ1) is 15.4. The SMILES string of the molecule is CC(C)CCCCCCCOC(=O)[C@H]1CCCC[C@H]1C(=O)OCCCCCCCC(C)C. The second-order valence-electron chi connectivity index (χ2n) is 10.7. The standard InChI is InChI=1S/C28H52O4/c1-23(2)17-11-7-5-9-15-21-31-27(29)25-19-13-14-20-26(25)28(30)32-22-16-10-6-8-12-18-24(3)4/h23-26H,5-22H2,1-4H3/t25-,26+. The van der Waals surface area contributed by atoms with Crippen molar-refractivity contribution in [1.29, 1.82) is 0 Å². The van der Waals surface area contributed by atoms with E-state index in [2.05, 4.69) is 27.7 Å². The van der Waals surface area contributed by atoms with E-state index in [9.17, 15) is 9.59 Å². The van der Waals surface area contributed by atoms with Gasteiger partial charge in [0.05, 0.1) is 25.0 Å².